The van der Waals surface area contributed by atoms with Gasteiger partial charge in [-0.15, -0.1) is 0 Å². The van der Waals surface area contributed by atoms with Crippen LogP contribution in [0.2, 0.25) is 5.02 Å². The van der Waals surface area contributed by atoms with Crippen molar-refractivity contribution in [2.45, 2.75) is 57.1 Å². The lowest BCUT2D eigenvalue weighted by Crippen LogP contribution is -2.52. The summed E-state index contributed by atoms with van der Waals surface area (Å²) >= 11 is 6.21. The monoisotopic (exact) mass is 662 g/mol. The minimum absolute atomic E-state index is 0.0261. The molecule has 2 bridgehead atoms. The highest BCUT2D eigenvalue weighted by molar-refractivity contribution is 7.46. The van der Waals surface area contributed by atoms with E-state index in [1.165, 1.54) is 12.1 Å². The molecule has 45 heavy (non-hydrogen) atoms. The van der Waals surface area contributed by atoms with Gasteiger partial charge in [-0.25, -0.2) is 22.7 Å². The Hall–Kier alpha value is -3.61. The zero-order valence-corrected chi connectivity index (χ0v) is 25.7. The first-order chi connectivity index (χ1) is 21.2. The number of aromatic hydroxyl groups is 1. The molecule has 3 fully saturated rings. The van der Waals surface area contributed by atoms with E-state index in [0.29, 0.717) is 60.4 Å². The molecule has 1 aliphatic heterocycles. The number of imidazole rings is 1. The van der Waals surface area contributed by atoms with E-state index in [1.807, 2.05) is 6.92 Å². The summed E-state index contributed by atoms with van der Waals surface area (Å²) in [6.45, 7) is 1.97. The number of nitrogens with zero attached hydrogens (tertiary/aromatic N) is 2. The topological polar surface area (TPSA) is 166 Å². The van der Waals surface area contributed by atoms with Crippen LogP contribution in [0.1, 0.15) is 67.0 Å². The van der Waals surface area contributed by atoms with Gasteiger partial charge in [0.05, 0.1) is 11.3 Å². The van der Waals surface area contributed by atoms with E-state index in [4.69, 9.17) is 16.1 Å². The Labute approximate surface area is 260 Å². The lowest BCUT2D eigenvalue weighted by atomic mass is 9.58. The summed E-state index contributed by atoms with van der Waals surface area (Å²) in [6.07, 6.45) is 5.83. The normalized spacial score (nSPS) is 23.8. The van der Waals surface area contributed by atoms with Gasteiger partial charge >= 0.3 is 13.5 Å². The van der Waals surface area contributed by atoms with Crippen LogP contribution in [0, 0.1) is 24.0 Å². The number of nitrogens with one attached hydrogen (secondary N) is 2. The van der Waals surface area contributed by atoms with Gasteiger partial charge in [0.2, 0.25) is 11.8 Å². The summed E-state index contributed by atoms with van der Waals surface area (Å²) in [6, 6.07) is 4.70. The lowest BCUT2D eigenvalue weighted by molar-refractivity contribution is -0.125. The number of aromatic nitrogens is 2. The predicted octanol–water partition coefficient (Wildman–Crippen LogP) is 5.29. The Bertz CT molecular complexity index is 1860. The van der Waals surface area contributed by atoms with Crippen LogP contribution in [0.25, 0.3) is 11.6 Å². The van der Waals surface area contributed by atoms with E-state index in [-0.39, 0.29) is 23.2 Å². The van der Waals surface area contributed by atoms with Crippen LogP contribution in [-0.2, 0) is 13.9 Å². The van der Waals surface area contributed by atoms with E-state index in [1.54, 1.807) is 18.3 Å². The molecular weight excluding hydrogens is 633 g/mol. The SMILES string of the molecule is Cc1c(Cl)ccc2c1N=C/C2=C\c1[nH]c(=O)n(C(C(=O)NCC23CCC(OP(=O)(O)O)(CC2)CC3)c2ccc(F)c(F)c2)c1O. The van der Waals surface area contributed by atoms with Crippen molar-refractivity contribution in [1.82, 2.24) is 14.9 Å². The van der Waals surface area contributed by atoms with Crippen LogP contribution in [0.4, 0.5) is 14.5 Å². The average Bonchev–Trinajstić information content (AvgIpc) is 3.52. The zero-order chi connectivity index (χ0) is 32.3. The molecule has 3 aliphatic carbocycles. The third-order valence-electron chi connectivity index (χ3n) is 9.29. The summed E-state index contributed by atoms with van der Waals surface area (Å²) in [4.78, 5) is 52.7. The van der Waals surface area contributed by atoms with Crippen LogP contribution in [0.5, 0.6) is 5.88 Å². The summed E-state index contributed by atoms with van der Waals surface area (Å²) in [7, 11) is -4.67. The van der Waals surface area contributed by atoms with Crippen molar-refractivity contribution in [3.63, 3.8) is 0 Å². The van der Waals surface area contributed by atoms with E-state index >= 15 is 0 Å². The van der Waals surface area contributed by atoms with Gasteiger partial charge in [0.25, 0.3) is 0 Å². The van der Waals surface area contributed by atoms with E-state index in [0.717, 1.165) is 22.3 Å². The van der Waals surface area contributed by atoms with Crippen LogP contribution in [0.15, 0.2) is 40.1 Å². The number of H-pyrrole nitrogens is 1. The molecule has 0 spiro atoms. The maximum Gasteiger partial charge on any atom is 0.470 e. The molecule has 1 aromatic heterocycles. The standard InChI is InChI=1S/C30H30ClF2N4O7P/c1-16-20(31)4-3-19-18(14-34-24(16)19)13-23-27(39)37(28(40)36-23)25(17-2-5-21(32)22(33)12-17)26(38)35-15-29-6-9-30(10-7-29,11-8-29)44-45(41,42)43/h2-5,12-14,25,39H,6-11,15H2,1H3,(H,35,38)(H,36,40)(H2,41,42,43)/b18-13+. The van der Waals surface area contributed by atoms with Crippen molar-refractivity contribution in [1.29, 1.82) is 0 Å². The number of phosphoric acid groups is 1. The lowest BCUT2D eigenvalue weighted by Gasteiger charge is -2.52. The fourth-order valence-electron chi connectivity index (χ4n) is 6.70. The third kappa shape index (κ3) is 5.91. The van der Waals surface area contributed by atoms with E-state index in [2.05, 4.69) is 15.3 Å². The number of fused-ring (bicyclic) bond motifs is 4. The van der Waals surface area contributed by atoms with Gasteiger partial charge in [0.1, 0.15) is 11.7 Å². The number of allylic oxidation sites excluding steroid dienone is 1. The molecular formula is C30H30ClF2N4O7P. The van der Waals surface area contributed by atoms with Crippen LogP contribution in [0.3, 0.4) is 0 Å². The quantitative estimate of drug-likeness (QED) is 0.205. The fourth-order valence-corrected chi connectivity index (χ4v) is 7.63. The fraction of sp³-hybridized carbons (Fsp3) is 0.367. The second-order valence-electron chi connectivity index (χ2n) is 12.0. The van der Waals surface area contributed by atoms with Crippen LogP contribution < -0.4 is 11.0 Å². The number of carbonyl (C=O) groups excluding carboxylic acids is 1. The minimum Gasteiger partial charge on any atom is -0.493 e. The highest BCUT2D eigenvalue weighted by Gasteiger charge is 2.52. The van der Waals surface area contributed by atoms with Crippen molar-refractivity contribution in [3.8, 4) is 5.88 Å². The number of carbonyl (C=O) groups is 1. The van der Waals surface area contributed by atoms with Crippen molar-refractivity contribution < 1.29 is 37.6 Å². The van der Waals surface area contributed by atoms with Gasteiger partial charge in [-0.05, 0) is 86.3 Å². The third-order valence-corrected chi connectivity index (χ3v) is 10.3. The molecule has 4 aliphatic rings. The molecule has 5 N–H and O–H groups in total. The Morgan fingerprint density at radius 1 is 1.18 bits per heavy atom. The Morgan fingerprint density at radius 3 is 2.51 bits per heavy atom. The highest BCUT2D eigenvalue weighted by atomic mass is 35.5. The van der Waals surface area contributed by atoms with Crippen molar-refractivity contribution in [2.75, 3.05) is 6.54 Å². The van der Waals surface area contributed by atoms with Crippen molar-refractivity contribution >= 4 is 48.9 Å². The Morgan fingerprint density at radius 2 is 1.87 bits per heavy atom. The summed E-state index contributed by atoms with van der Waals surface area (Å²) in [5.74, 6) is -3.72. The molecule has 1 amide bonds. The highest BCUT2D eigenvalue weighted by Crippen LogP contribution is 2.58. The number of hydrogen-bond acceptors (Lipinski definition) is 6. The molecule has 1 atom stereocenters. The molecule has 0 radical (unpaired) electrons. The van der Waals surface area contributed by atoms with Gasteiger partial charge in [-0.3, -0.25) is 14.3 Å². The molecule has 15 heteroatoms. The first kappa shape index (κ1) is 31.4. The van der Waals surface area contributed by atoms with E-state index in [9.17, 15) is 37.8 Å². The molecule has 2 heterocycles. The number of rotatable bonds is 8. The number of phosphoric ester groups is 1. The minimum atomic E-state index is -4.67. The molecule has 1 unspecified atom stereocenters. The number of aromatic amines is 1. The molecule has 11 nitrogen and oxygen atoms in total. The zero-order valence-electron chi connectivity index (χ0n) is 24.0. The molecule has 7 rings (SSSR count). The number of hydrogen-bond donors (Lipinski definition) is 5. The molecule has 2 aromatic carbocycles. The first-order valence-electron chi connectivity index (χ1n) is 14.3. The largest absolute Gasteiger partial charge is 0.493 e. The maximum atomic E-state index is 14.4. The maximum absolute atomic E-state index is 14.4. The predicted molar refractivity (Wildman–Crippen MR) is 162 cm³/mol. The van der Waals surface area contributed by atoms with Gasteiger partial charge in [-0.1, -0.05) is 23.7 Å². The summed E-state index contributed by atoms with van der Waals surface area (Å²) in [5, 5.41) is 14.6. The Kier molecular flexibility index (Phi) is 7.90. The summed E-state index contributed by atoms with van der Waals surface area (Å²) in [5.41, 5.74) is 0.428. The number of amides is 1. The second kappa shape index (κ2) is 11.3. The van der Waals surface area contributed by atoms with Gasteiger partial charge in [0.15, 0.2) is 11.6 Å². The molecule has 0 saturated heterocycles. The van der Waals surface area contributed by atoms with Gasteiger partial charge < -0.3 is 25.2 Å². The number of halogens is 3. The average molecular weight is 663 g/mol. The van der Waals surface area contributed by atoms with Crippen LogP contribution in [-0.4, -0.2) is 48.7 Å². The Balaban J connectivity index is 1.30. The van der Waals surface area contributed by atoms with Gasteiger partial charge in [-0.2, -0.15) is 0 Å². The summed E-state index contributed by atoms with van der Waals surface area (Å²) < 4.78 is 45.7. The number of aliphatic imine (C=N–C) groups is 1. The van der Waals surface area contributed by atoms with E-state index < -0.39 is 48.6 Å². The van der Waals surface area contributed by atoms with Crippen molar-refractivity contribution in [3.05, 3.63) is 79.9 Å². The second-order valence-corrected chi connectivity index (χ2v) is 13.6. The molecule has 3 saturated carbocycles. The smallest absolute Gasteiger partial charge is 0.470 e. The van der Waals surface area contributed by atoms with Crippen molar-refractivity contribution in [2.24, 2.45) is 10.4 Å². The van der Waals surface area contributed by atoms with Gasteiger partial charge in [0, 0.05) is 28.9 Å². The molecule has 3 aromatic rings. The molecule has 238 valence electrons. The number of benzene rings is 2. The van der Waals surface area contributed by atoms with Crippen LogP contribution >= 0.6 is 19.4 Å². The first-order valence-corrected chi connectivity index (χ1v) is 16.2.